The van der Waals surface area contributed by atoms with Crippen LogP contribution in [0.4, 0.5) is 0 Å². The Balaban J connectivity index is 1.43. The number of benzene rings is 2. The number of aliphatic imine (C=N–C) groups is 1. The first-order valence-corrected chi connectivity index (χ1v) is 10.6. The van der Waals surface area contributed by atoms with E-state index in [4.69, 9.17) is 4.74 Å². The quantitative estimate of drug-likeness (QED) is 0.811. The molecule has 5 rings (SSSR count). The van der Waals surface area contributed by atoms with Crippen molar-refractivity contribution in [2.75, 3.05) is 39.4 Å². The molecule has 5 heteroatoms. The Hall–Kier alpha value is -2.50. The predicted molar refractivity (Wildman–Crippen MR) is 114 cm³/mol. The molecule has 1 fully saturated rings. The summed E-state index contributed by atoms with van der Waals surface area (Å²) in [6.45, 7) is 5.85. The van der Waals surface area contributed by atoms with Crippen LogP contribution >= 0.6 is 0 Å². The number of hydrogen-bond acceptors (Lipinski definition) is 4. The van der Waals surface area contributed by atoms with E-state index in [-0.39, 0.29) is 11.9 Å². The Morgan fingerprint density at radius 3 is 2.76 bits per heavy atom. The van der Waals surface area contributed by atoms with E-state index in [1.807, 2.05) is 18.3 Å². The number of morpholine rings is 1. The summed E-state index contributed by atoms with van der Waals surface area (Å²) in [6, 6.07) is 14.8. The van der Waals surface area contributed by atoms with Crippen molar-refractivity contribution in [2.45, 2.75) is 25.4 Å². The zero-order chi connectivity index (χ0) is 19.6. The van der Waals surface area contributed by atoms with Gasteiger partial charge in [-0.05, 0) is 47.2 Å². The number of nitrogens with zero attached hydrogens (tertiary/aromatic N) is 3. The smallest absolute Gasteiger partial charge is 0.254 e. The standard InChI is InChI=1S/C24H27N3O2/c28-24(20-6-5-18-7-8-25-15-22(18)13-20)27-16-21-4-2-1-3-19(21)14-23(27)17-26-9-11-29-12-10-26/h1-6,13,15,23H,7-12,14,16-17H2/t23-/m0/s1. The maximum absolute atomic E-state index is 13.6. The molecule has 0 spiro atoms. The van der Waals surface area contributed by atoms with Crippen molar-refractivity contribution in [1.29, 1.82) is 0 Å². The SMILES string of the molecule is O=C(c1ccc2c(c1)C=NCC2)N1Cc2ccccc2C[C@H]1CN1CCOCC1. The lowest BCUT2D eigenvalue weighted by Gasteiger charge is -2.40. The molecule has 0 N–H and O–H groups in total. The van der Waals surface area contributed by atoms with Crippen molar-refractivity contribution in [2.24, 2.45) is 4.99 Å². The normalized spacial score (nSPS) is 21.5. The molecular weight excluding hydrogens is 362 g/mol. The molecule has 3 aliphatic heterocycles. The molecular formula is C24H27N3O2. The van der Waals surface area contributed by atoms with Gasteiger partial charge in [-0.25, -0.2) is 0 Å². The van der Waals surface area contributed by atoms with Crippen molar-refractivity contribution in [1.82, 2.24) is 9.80 Å². The predicted octanol–water partition coefficient (Wildman–Crippen LogP) is 2.56. The van der Waals surface area contributed by atoms with E-state index in [0.717, 1.165) is 63.4 Å². The average Bonchev–Trinajstić information content (AvgIpc) is 2.78. The zero-order valence-corrected chi connectivity index (χ0v) is 16.7. The monoisotopic (exact) mass is 389 g/mol. The number of rotatable bonds is 3. The molecule has 1 atom stereocenters. The fourth-order valence-corrected chi connectivity index (χ4v) is 4.66. The molecule has 3 aliphatic rings. The van der Waals surface area contributed by atoms with Crippen LogP contribution in [0.1, 0.15) is 32.6 Å². The van der Waals surface area contributed by atoms with E-state index in [0.29, 0.717) is 6.54 Å². The summed E-state index contributed by atoms with van der Waals surface area (Å²) < 4.78 is 5.51. The molecule has 1 saturated heterocycles. The minimum atomic E-state index is 0.125. The van der Waals surface area contributed by atoms with Gasteiger partial charge < -0.3 is 9.64 Å². The summed E-state index contributed by atoms with van der Waals surface area (Å²) in [4.78, 5) is 22.5. The number of amides is 1. The highest BCUT2D eigenvalue weighted by Gasteiger charge is 2.32. The van der Waals surface area contributed by atoms with Gasteiger partial charge in [0.2, 0.25) is 0 Å². The van der Waals surface area contributed by atoms with E-state index in [2.05, 4.69) is 45.1 Å². The highest BCUT2D eigenvalue weighted by atomic mass is 16.5. The maximum Gasteiger partial charge on any atom is 0.254 e. The van der Waals surface area contributed by atoms with Crippen LogP contribution in [0.3, 0.4) is 0 Å². The van der Waals surface area contributed by atoms with E-state index in [1.54, 1.807) is 0 Å². The van der Waals surface area contributed by atoms with Crippen LogP contribution in [0.2, 0.25) is 0 Å². The second-order valence-electron chi connectivity index (χ2n) is 8.17. The number of hydrogen-bond donors (Lipinski definition) is 0. The van der Waals surface area contributed by atoms with E-state index in [1.165, 1.54) is 16.7 Å². The fourth-order valence-electron chi connectivity index (χ4n) is 4.66. The number of ether oxygens (including phenoxy) is 1. The zero-order valence-electron chi connectivity index (χ0n) is 16.7. The van der Waals surface area contributed by atoms with Crippen molar-refractivity contribution in [3.63, 3.8) is 0 Å². The highest BCUT2D eigenvalue weighted by Crippen LogP contribution is 2.26. The van der Waals surface area contributed by atoms with Gasteiger partial charge >= 0.3 is 0 Å². The molecule has 0 aromatic heterocycles. The van der Waals surface area contributed by atoms with Crippen LogP contribution < -0.4 is 0 Å². The van der Waals surface area contributed by atoms with Gasteiger partial charge in [-0.15, -0.1) is 0 Å². The third-order valence-corrected chi connectivity index (χ3v) is 6.32. The summed E-state index contributed by atoms with van der Waals surface area (Å²) in [7, 11) is 0. The third kappa shape index (κ3) is 3.85. The van der Waals surface area contributed by atoms with E-state index < -0.39 is 0 Å². The maximum atomic E-state index is 13.6. The molecule has 2 aromatic carbocycles. The topological polar surface area (TPSA) is 45.1 Å². The van der Waals surface area contributed by atoms with Crippen LogP contribution in [0.25, 0.3) is 0 Å². The first kappa shape index (κ1) is 18.5. The molecule has 29 heavy (non-hydrogen) atoms. The van der Waals surface area contributed by atoms with Gasteiger partial charge in [0.25, 0.3) is 5.91 Å². The summed E-state index contributed by atoms with van der Waals surface area (Å²) in [5.41, 5.74) is 5.77. The van der Waals surface area contributed by atoms with E-state index in [9.17, 15) is 4.79 Å². The molecule has 0 saturated carbocycles. The molecule has 3 heterocycles. The second-order valence-corrected chi connectivity index (χ2v) is 8.17. The molecule has 0 unspecified atom stereocenters. The summed E-state index contributed by atoms with van der Waals surface area (Å²) in [5.74, 6) is 0.125. The van der Waals surface area contributed by atoms with Gasteiger partial charge in [-0.2, -0.15) is 0 Å². The lowest BCUT2D eigenvalue weighted by Crippen LogP contribution is -2.52. The van der Waals surface area contributed by atoms with Crippen molar-refractivity contribution in [3.8, 4) is 0 Å². The summed E-state index contributed by atoms with van der Waals surface area (Å²) >= 11 is 0. The number of fused-ring (bicyclic) bond motifs is 2. The van der Waals surface area contributed by atoms with Crippen molar-refractivity contribution >= 4 is 12.1 Å². The first-order chi connectivity index (χ1) is 14.3. The molecule has 0 bridgehead atoms. The lowest BCUT2D eigenvalue weighted by molar-refractivity contribution is 0.0193. The van der Waals surface area contributed by atoms with Gasteiger partial charge in [0.15, 0.2) is 0 Å². The Morgan fingerprint density at radius 2 is 1.90 bits per heavy atom. The van der Waals surface area contributed by atoms with Gasteiger partial charge in [-0.3, -0.25) is 14.7 Å². The molecule has 5 nitrogen and oxygen atoms in total. The Morgan fingerprint density at radius 1 is 1.07 bits per heavy atom. The Labute approximate surface area is 172 Å². The van der Waals surface area contributed by atoms with Gasteiger partial charge in [0.05, 0.1) is 13.2 Å². The van der Waals surface area contributed by atoms with Gasteiger partial charge in [0.1, 0.15) is 0 Å². The van der Waals surface area contributed by atoms with Crippen molar-refractivity contribution in [3.05, 3.63) is 70.3 Å². The van der Waals surface area contributed by atoms with Crippen LogP contribution in [0.15, 0.2) is 47.5 Å². The van der Waals surface area contributed by atoms with Gasteiger partial charge in [-0.1, -0.05) is 30.3 Å². The molecule has 0 radical (unpaired) electrons. The average molecular weight is 389 g/mol. The molecule has 1 amide bonds. The van der Waals surface area contributed by atoms with E-state index >= 15 is 0 Å². The summed E-state index contributed by atoms with van der Waals surface area (Å²) in [5, 5.41) is 0. The fraction of sp³-hybridized carbons (Fsp3) is 0.417. The summed E-state index contributed by atoms with van der Waals surface area (Å²) in [6.07, 6.45) is 3.77. The van der Waals surface area contributed by atoms with Crippen LogP contribution in [-0.4, -0.2) is 67.4 Å². The molecule has 150 valence electrons. The Kier molecular flexibility index (Phi) is 5.17. The van der Waals surface area contributed by atoms with Crippen molar-refractivity contribution < 1.29 is 9.53 Å². The largest absolute Gasteiger partial charge is 0.379 e. The lowest BCUT2D eigenvalue weighted by atomic mass is 9.92. The second kappa shape index (κ2) is 8.09. The van der Waals surface area contributed by atoms with Crippen LogP contribution in [0, 0.1) is 0 Å². The first-order valence-electron chi connectivity index (χ1n) is 10.6. The number of carbonyl (C=O) groups excluding carboxylic acids is 1. The minimum absolute atomic E-state index is 0.125. The highest BCUT2D eigenvalue weighted by molar-refractivity contribution is 5.97. The number of carbonyl (C=O) groups is 1. The van der Waals surface area contributed by atoms with Crippen LogP contribution in [-0.2, 0) is 24.1 Å². The molecule has 0 aliphatic carbocycles. The Bertz CT molecular complexity index is 933. The van der Waals surface area contributed by atoms with Gasteiger partial charge in [0, 0.05) is 50.5 Å². The molecule has 2 aromatic rings. The minimum Gasteiger partial charge on any atom is -0.379 e. The third-order valence-electron chi connectivity index (χ3n) is 6.32. The van der Waals surface area contributed by atoms with Crippen LogP contribution in [0.5, 0.6) is 0 Å².